The number of benzene rings is 2. The third-order valence-corrected chi connectivity index (χ3v) is 4.45. The van der Waals surface area contributed by atoms with Crippen LogP contribution < -0.4 is 10.2 Å². The van der Waals surface area contributed by atoms with Gasteiger partial charge in [0, 0.05) is 35.1 Å². The van der Waals surface area contributed by atoms with Gasteiger partial charge < -0.3 is 10.2 Å². The highest BCUT2D eigenvalue weighted by atomic mass is 35.5. The van der Waals surface area contributed by atoms with Crippen molar-refractivity contribution in [3.8, 4) is 0 Å². The van der Waals surface area contributed by atoms with Crippen LogP contribution >= 0.6 is 11.6 Å². The number of amides is 1. The number of carbonyl (C=O) groups is 1. The number of rotatable bonds is 3. The van der Waals surface area contributed by atoms with Crippen molar-refractivity contribution in [3.63, 3.8) is 0 Å². The quantitative estimate of drug-likeness (QED) is 0.862. The van der Waals surface area contributed by atoms with E-state index in [2.05, 4.69) is 22.3 Å². The molecule has 1 aliphatic rings. The van der Waals surface area contributed by atoms with E-state index in [9.17, 15) is 4.79 Å². The molecule has 0 unspecified atom stereocenters. The summed E-state index contributed by atoms with van der Waals surface area (Å²) >= 11 is 5.84. The number of halogens is 1. The predicted octanol–water partition coefficient (Wildman–Crippen LogP) is 4.97. The van der Waals surface area contributed by atoms with Crippen LogP contribution in [0, 0.1) is 0 Å². The molecule has 0 aliphatic carbocycles. The van der Waals surface area contributed by atoms with Gasteiger partial charge in [-0.15, -0.1) is 0 Å². The molecule has 0 bridgehead atoms. The Morgan fingerprint density at radius 2 is 1.48 bits per heavy atom. The molecule has 0 aromatic heterocycles. The Kier molecular flexibility index (Phi) is 5.19. The van der Waals surface area contributed by atoms with E-state index in [0.29, 0.717) is 10.6 Å². The van der Waals surface area contributed by atoms with Crippen molar-refractivity contribution in [2.45, 2.75) is 25.7 Å². The highest BCUT2D eigenvalue weighted by Gasteiger charge is 2.10. The fourth-order valence-electron chi connectivity index (χ4n) is 2.89. The third kappa shape index (κ3) is 4.26. The van der Waals surface area contributed by atoms with E-state index in [4.69, 9.17) is 11.6 Å². The highest BCUT2D eigenvalue weighted by Crippen LogP contribution is 2.22. The summed E-state index contributed by atoms with van der Waals surface area (Å²) in [6, 6.07) is 15.0. The van der Waals surface area contributed by atoms with Crippen molar-refractivity contribution < 1.29 is 4.79 Å². The van der Waals surface area contributed by atoms with Crippen molar-refractivity contribution in [3.05, 3.63) is 59.1 Å². The minimum absolute atomic E-state index is 0.121. The maximum absolute atomic E-state index is 12.2. The minimum atomic E-state index is -0.121. The molecule has 1 fully saturated rings. The molecule has 0 saturated carbocycles. The topological polar surface area (TPSA) is 32.3 Å². The first-order valence-corrected chi connectivity index (χ1v) is 8.52. The van der Waals surface area contributed by atoms with Crippen LogP contribution in [0.4, 0.5) is 11.4 Å². The normalized spacial score (nSPS) is 15.1. The number of hydrogen-bond acceptors (Lipinski definition) is 2. The van der Waals surface area contributed by atoms with Gasteiger partial charge in [-0.3, -0.25) is 4.79 Å². The zero-order valence-corrected chi connectivity index (χ0v) is 13.9. The molecule has 0 radical (unpaired) electrons. The SMILES string of the molecule is O=C(Nc1ccc(N2CCCCCC2)cc1)c1ccc(Cl)cc1. The summed E-state index contributed by atoms with van der Waals surface area (Å²) in [5.41, 5.74) is 2.64. The average Bonchev–Trinajstić information content (AvgIpc) is 2.85. The third-order valence-electron chi connectivity index (χ3n) is 4.20. The van der Waals surface area contributed by atoms with Crippen molar-refractivity contribution in [1.29, 1.82) is 0 Å². The Morgan fingerprint density at radius 1 is 0.870 bits per heavy atom. The molecule has 2 aromatic carbocycles. The standard InChI is InChI=1S/C19H21ClN2O/c20-16-7-5-15(6-8-16)19(23)21-17-9-11-18(12-10-17)22-13-3-1-2-4-14-22/h5-12H,1-4,13-14H2,(H,21,23). The molecule has 1 aliphatic heterocycles. The van der Waals surface area contributed by atoms with Gasteiger partial charge in [0.25, 0.3) is 5.91 Å². The van der Waals surface area contributed by atoms with Gasteiger partial charge in [-0.05, 0) is 61.4 Å². The summed E-state index contributed by atoms with van der Waals surface area (Å²) in [5, 5.41) is 3.55. The summed E-state index contributed by atoms with van der Waals surface area (Å²) in [4.78, 5) is 14.6. The molecule has 1 saturated heterocycles. The summed E-state index contributed by atoms with van der Waals surface area (Å²) < 4.78 is 0. The maximum Gasteiger partial charge on any atom is 0.255 e. The van der Waals surface area contributed by atoms with Crippen molar-refractivity contribution in [2.75, 3.05) is 23.3 Å². The van der Waals surface area contributed by atoms with Crippen LogP contribution in [0.2, 0.25) is 5.02 Å². The van der Waals surface area contributed by atoms with Gasteiger partial charge in [0.05, 0.1) is 0 Å². The van der Waals surface area contributed by atoms with Gasteiger partial charge in [-0.1, -0.05) is 24.4 Å². The van der Waals surface area contributed by atoms with Gasteiger partial charge in [0.15, 0.2) is 0 Å². The fraction of sp³-hybridized carbons (Fsp3) is 0.316. The molecule has 4 heteroatoms. The molecule has 3 nitrogen and oxygen atoms in total. The second-order valence-corrected chi connectivity index (χ2v) is 6.35. The second kappa shape index (κ2) is 7.51. The smallest absolute Gasteiger partial charge is 0.255 e. The summed E-state index contributed by atoms with van der Waals surface area (Å²) in [5.74, 6) is -0.121. The van der Waals surface area contributed by atoms with Gasteiger partial charge in [0.1, 0.15) is 0 Å². The van der Waals surface area contributed by atoms with Crippen LogP contribution in [-0.4, -0.2) is 19.0 Å². The van der Waals surface area contributed by atoms with Crippen LogP contribution in [0.5, 0.6) is 0 Å². The van der Waals surface area contributed by atoms with E-state index in [0.717, 1.165) is 18.8 Å². The van der Waals surface area contributed by atoms with E-state index >= 15 is 0 Å². The Bertz CT molecular complexity index is 644. The maximum atomic E-state index is 12.2. The Hall–Kier alpha value is -2.00. The van der Waals surface area contributed by atoms with E-state index in [1.807, 2.05) is 12.1 Å². The largest absolute Gasteiger partial charge is 0.372 e. The zero-order chi connectivity index (χ0) is 16.1. The summed E-state index contributed by atoms with van der Waals surface area (Å²) in [6.07, 6.45) is 5.17. The lowest BCUT2D eigenvalue weighted by Gasteiger charge is -2.22. The summed E-state index contributed by atoms with van der Waals surface area (Å²) in [7, 11) is 0. The van der Waals surface area contributed by atoms with E-state index in [1.54, 1.807) is 24.3 Å². The molecule has 23 heavy (non-hydrogen) atoms. The van der Waals surface area contributed by atoms with Crippen LogP contribution in [0.15, 0.2) is 48.5 Å². The van der Waals surface area contributed by atoms with Crippen LogP contribution in [0.1, 0.15) is 36.0 Å². The van der Waals surface area contributed by atoms with E-state index in [-0.39, 0.29) is 5.91 Å². The lowest BCUT2D eigenvalue weighted by Crippen LogP contribution is -2.23. The number of carbonyl (C=O) groups excluding carboxylic acids is 1. The lowest BCUT2D eigenvalue weighted by molar-refractivity contribution is 0.102. The first-order valence-electron chi connectivity index (χ1n) is 8.14. The lowest BCUT2D eigenvalue weighted by atomic mass is 10.2. The Morgan fingerprint density at radius 3 is 2.09 bits per heavy atom. The fourth-order valence-corrected chi connectivity index (χ4v) is 3.01. The molecular formula is C19H21ClN2O. The second-order valence-electron chi connectivity index (χ2n) is 5.91. The van der Waals surface area contributed by atoms with Gasteiger partial charge in [-0.25, -0.2) is 0 Å². The number of anilines is 2. The first kappa shape index (κ1) is 15.9. The molecule has 1 N–H and O–H groups in total. The van der Waals surface area contributed by atoms with Gasteiger partial charge in [-0.2, -0.15) is 0 Å². The first-order chi connectivity index (χ1) is 11.2. The molecule has 3 rings (SSSR count). The monoisotopic (exact) mass is 328 g/mol. The minimum Gasteiger partial charge on any atom is -0.372 e. The molecule has 0 spiro atoms. The Balaban J connectivity index is 1.64. The number of hydrogen-bond donors (Lipinski definition) is 1. The highest BCUT2D eigenvalue weighted by molar-refractivity contribution is 6.30. The van der Waals surface area contributed by atoms with Crippen LogP contribution in [-0.2, 0) is 0 Å². The molecule has 0 atom stereocenters. The average molecular weight is 329 g/mol. The molecule has 120 valence electrons. The van der Waals surface area contributed by atoms with Crippen molar-refractivity contribution >= 4 is 28.9 Å². The number of nitrogens with zero attached hydrogens (tertiary/aromatic N) is 1. The van der Waals surface area contributed by atoms with Crippen LogP contribution in [0.25, 0.3) is 0 Å². The molecule has 2 aromatic rings. The van der Waals surface area contributed by atoms with Gasteiger partial charge >= 0.3 is 0 Å². The zero-order valence-electron chi connectivity index (χ0n) is 13.1. The van der Waals surface area contributed by atoms with Crippen molar-refractivity contribution in [2.24, 2.45) is 0 Å². The number of nitrogens with one attached hydrogen (secondary N) is 1. The summed E-state index contributed by atoms with van der Waals surface area (Å²) in [6.45, 7) is 2.24. The Labute approximate surface area is 142 Å². The molecule has 1 amide bonds. The van der Waals surface area contributed by atoms with Crippen molar-refractivity contribution in [1.82, 2.24) is 0 Å². The molecule has 1 heterocycles. The van der Waals surface area contributed by atoms with E-state index < -0.39 is 0 Å². The molecular weight excluding hydrogens is 308 g/mol. The van der Waals surface area contributed by atoms with Crippen LogP contribution in [0.3, 0.4) is 0 Å². The predicted molar refractivity (Wildman–Crippen MR) is 96.5 cm³/mol. The van der Waals surface area contributed by atoms with Gasteiger partial charge in [0.2, 0.25) is 0 Å². The van der Waals surface area contributed by atoms with E-state index in [1.165, 1.54) is 31.4 Å².